The fourth-order valence-corrected chi connectivity index (χ4v) is 0.908. The minimum Gasteiger partial charge on any atom is -0.308 e. The summed E-state index contributed by atoms with van der Waals surface area (Å²) in [5.41, 5.74) is 0. The van der Waals surface area contributed by atoms with Gasteiger partial charge in [-0.25, -0.2) is 0 Å². The van der Waals surface area contributed by atoms with Gasteiger partial charge >= 0.3 is 6.18 Å². The molecular weight excluding hydrogens is 177 g/mol. The molecule has 2 nitrogen and oxygen atoms in total. The molecule has 0 aromatic heterocycles. The summed E-state index contributed by atoms with van der Waals surface area (Å²) in [4.78, 5) is 0. The van der Waals surface area contributed by atoms with E-state index in [-0.39, 0.29) is 5.37 Å². The monoisotopic (exact) mass is 186 g/mol. The summed E-state index contributed by atoms with van der Waals surface area (Å²) in [6, 6.07) is 0. The molecule has 0 bridgehead atoms. The SMILES string of the molecule is CNC(C)SC(=N)C(F)(F)F. The molecule has 0 aliphatic rings. The minimum absolute atomic E-state index is 0.385. The van der Waals surface area contributed by atoms with Crippen LogP contribution in [0.2, 0.25) is 0 Å². The molecule has 0 aromatic carbocycles. The third kappa shape index (κ3) is 4.26. The first-order chi connectivity index (χ1) is 4.88. The van der Waals surface area contributed by atoms with Crippen molar-refractivity contribution >= 4 is 16.8 Å². The Kier molecular flexibility index (Phi) is 3.88. The van der Waals surface area contributed by atoms with Crippen molar-refractivity contribution in [3.63, 3.8) is 0 Å². The van der Waals surface area contributed by atoms with Crippen LogP contribution < -0.4 is 5.32 Å². The zero-order chi connectivity index (χ0) is 9.07. The summed E-state index contributed by atoms with van der Waals surface area (Å²) in [6.45, 7) is 1.56. The molecule has 0 aliphatic carbocycles. The molecule has 0 amide bonds. The van der Waals surface area contributed by atoms with E-state index in [0.29, 0.717) is 11.8 Å². The summed E-state index contributed by atoms with van der Waals surface area (Å²) >= 11 is 0.454. The lowest BCUT2D eigenvalue weighted by molar-refractivity contribution is -0.0561. The first-order valence-electron chi connectivity index (χ1n) is 2.87. The number of nitrogens with one attached hydrogen (secondary N) is 2. The normalized spacial score (nSPS) is 14.6. The number of alkyl halides is 3. The third-order valence-corrected chi connectivity index (χ3v) is 2.02. The van der Waals surface area contributed by atoms with Crippen molar-refractivity contribution in [2.45, 2.75) is 18.5 Å². The van der Waals surface area contributed by atoms with Gasteiger partial charge in [0.25, 0.3) is 0 Å². The topological polar surface area (TPSA) is 35.9 Å². The second-order valence-corrected chi connectivity index (χ2v) is 3.23. The molecule has 0 heterocycles. The van der Waals surface area contributed by atoms with Crippen molar-refractivity contribution in [2.75, 3.05) is 7.05 Å². The lowest BCUT2D eigenvalue weighted by atomic mass is 10.7. The van der Waals surface area contributed by atoms with E-state index < -0.39 is 11.2 Å². The largest absolute Gasteiger partial charge is 0.438 e. The highest BCUT2D eigenvalue weighted by Crippen LogP contribution is 2.25. The van der Waals surface area contributed by atoms with E-state index in [4.69, 9.17) is 5.41 Å². The molecule has 0 radical (unpaired) electrons. The highest BCUT2D eigenvalue weighted by Gasteiger charge is 2.35. The Labute approximate surface area is 67.1 Å². The Morgan fingerprint density at radius 3 is 2.27 bits per heavy atom. The van der Waals surface area contributed by atoms with Crippen LogP contribution in [0.3, 0.4) is 0 Å². The van der Waals surface area contributed by atoms with Gasteiger partial charge in [-0.15, -0.1) is 0 Å². The van der Waals surface area contributed by atoms with Crippen LogP contribution in [0.5, 0.6) is 0 Å². The predicted octanol–water partition coefficient (Wildman–Crippen LogP) is 1.82. The minimum atomic E-state index is -4.50. The fraction of sp³-hybridized carbons (Fsp3) is 0.800. The van der Waals surface area contributed by atoms with Gasteiger partial charge < -0.3 is 5.32 Å². The number of hydrogen-bond acceptors (Lipinski definition) is 3. The number of hydrogen-bond donors (Lipinski definition) is 2. The van der Waals surface area contributed by atoms with Crippen LogP contribution >= 0.6 is 11.8 Å². The van der Waals surface area contributed by atoms with Gasteiger partial charge in [0.05, 0.1) is 5.37 Å². The van der Waals surface area contributed by atoms with Crippen LogP contribution in [0, 0.1) is 5.41 Å². The Bertz CT molecular complexity index is 145. The van der Waals surface area contributed by atoms with Gasteiger partial charge in [0, 0.05) is 0 Å². The highest BCUT2D eigenvalue weighted by molar-refractivity contribution is 8.14. The summed E-state index contributed by atoms with van der Waals surface area (Å²) in [5.74, 6) is 0. The zero-order valence-electron chi connectivity index (χ0n) is 6.12. The molecule has 0 aromatic rings. The van der Waals surface area contributed by atoms with Gasteiger partial charge in [-0.1, -0.05) is 11.8 Å². The molecule has 0 aliphatic heterocycles. The molecular formula is C5H9F3N2S. The van der Waals surface area contributed by atoms with E-state index in [2.05, 4.69) is 5.32 Å². The Morgan fingerprint density at radius 1 is 1.55 bits per heavy atom. The van der Waals surface area contributed by atoms with Crippen molar-refractivity contribution in [3.8, 4) is 0 Å². The maximum absolute atomic E-state index is 11.7. The third-order valence-electron chi connectivity index (χ3n) is 0.959. The fourth-order valence-electron chi connectivity index (χ4n) is 0.303. The zero-order valence-corrected chi connectivity index (χ0v) is 6.94. The first-order valence-corrected chi connectivity index (χ1v) is 3.75. The molecule has 0 saturated carbocycles. The predicted molar refractivity (Wildman–Crippen MR) is 39.9 cm³/mol. The second-order valence-electron chi connectivity index (χ2n) is 1.88. The first kappa shape index (κ1) is 10.8. The van der Waals surface area contributed by atoms with E-state index in [0.717, 1.165) is 0 Å². The lowest BCUT2D eigenvalue weighted by Gasteiger charge is -2.12. The number of halogens is 3. The Morgan fingerprint density at radius 2 is 2.00 bits per heavy atom. The smallest absolute Gasteiger partial charge is 0.308 e. The molecule has 2 N–H and O–H groups in total. The van der Waals surface area contributed by atoms with E-state index in [1.807, 2.05) is 0 Å². The van der Waals surface area contributed by atoms with Gasteiger partial charge in [0.2, 0.25) is 0 Å². The average Bonchev–Trinajstić information content (AvgIpc) is 1.85. The van der Waals surface area contributed by atoms with E-state index in [1.54, 1.807) is 14.0 Å². The summed E-state index contributed by atoms with van der Waals surface area (Å²) in [5, 5.41) is 7.51. The molecule has 0 spiro atoms. The second kappa shape index (κ2) is 3.96. The van der Waals surface area contributed by atoms with Crippen molar-refractivity contribution in [1.29, 1.82) is 5.41 Å². The van der Waals surface area contributed by atoms with Crippen LogP contribution in [-0.4, -0.2) is 23.6 Å². The quantitative estimate of drug-likeness (QED) is 0.392. The maximum Gasteiger partial charge on any atom is 0.438 e. The summed E-state index contributed by atoms with van der Waals surface area (Å²) < 4.78 is 35.0. The highest BCUT2D eigenvalue weighted by atomic mass is 32.2. The Balaban J connectivity index is 3.88. The number of thioether (sulfide) groups is 1. The molecule has 0 saturated heterocycles. The van der Waals surface area contributed by atoms with Crippen LogP contribution in [0.15, 0.2) is 0 Å². The van der Waals surface area contributed by atoms with Gasteiger partial charge in [0.1, 0.15) is 0 Å². The summed E-state index contributed by atoms with van der Waals surface area (Å²) in [6.07, 6.45) is -4.50. The lowest BCUT2D eigenvalue weighted by Crippen LogP contribution is -2.25. The van der Waals surface area contributed by atoms with Crippen LogP contribution in [0.25, 0.3) is 0 Å². The summed E-state index contributed by atoms with van der Waals surface area (Å²) in [7, 11) is 1.54. The van der Waals surface area contributed by atoms with Crippen LogP contribution in [-0.2, 0) is 0 Å². The number of rotatable bonds is 2. The molecule has 11 heavy (non-hydrogen) atoms. The molecule has 1 atom stereocenters. The molecule has 0 rings (SSSR count). The Hall–Kier alpha value is -0.230. The van der Waals surface area contributed by atoms with Crippen LogP contribution in [0.4, 0.5) is 13.2 Å². The van der Waals surface area contributed by atoms with Crippen molar-refractivity contribution in [1.82, 2.24) is 5.32 Å². The van der Waals surface area contributed by atoms with Gasteiger partial charge in [0.15, 0.2) is 5.04 Å². The van der Waals surface area contributed by atoms with Crippen molar-refractivity contribution < 1.29 is 13.2 Å². The van der Waals surface area contributed by atoms with Crippen molar-refractivity contribution in [2.24, 2.45) is 0 Å². The molecule has 1 unspecified atom stereocenters. The molecule has 0 fully saturated rings. The van der Waals surface area contributed by atoms with Gasteiger partial charge in [-0.2, -0.15) is 13.2 Å². The van der Waals surface area contributed by atoms with Crippen molar-refractivity contribution in [3.05, 3.63) is 0 Å². The maximum atomic E-state index is 11.7. The van der Waals surface area contributed by atoms with Gasteiger partial charge in [-0.05, 0) is 14.0 Å². The standard InChI is InChI=1S/C5H9F3N2S/c1-3(10-2)11-4(9)5(6,7)8/h3,9-10H,1-2H3. The van der Waals surface area contributed by atoms with Gasteiger partial charge in [-0.3, -0.25) is 5.41 Å². The molecule has 66 valence electrons. The van der Waals surface area contributed by atoms with Crippen LogP contribution in [0.1, 0.15) is 6.92 Å². The average molecular weight is 186 g/mol. The molecule has 6 heteroatoms. The van der Waals surface area contributed by atoms with E-state index >= 15 is 0 Å². The van der Waals surface area contributed by atoms with E-state index in [1.165, 1.54) is 0 Å². The van der Waals surface area contributed by atoms with E-state index in [9.17, 15) is 13.2 Å².